The van der Waals surface area contributed by atoms with Crippen molar-refractivity contribution < 1.29 is 19.4 Å². The molecule has 0 aliphatic carbocycles. The van der Waals surface area contributed by atoms with Crippen LogP contribution in [0.15, 0.2) is 24.3 Å². The standard InChI is InChI=1S/C14H19NO4/c1-10(2)19-12-5-3-11(4-6-12)15-7-14(13(16)17)8-18-9-14/h3-6,10,15H,7-9H2,1-2H3,(H,16,17). The maximum absolute atomic E-state index is 11.2. The van der Waals surface area contributed by atoms with E-state index in [1.54, 1.807) is 0 Å². The number of hydrogen-bond acceptors (Lipinski definition) is 4. The topological polar surface area (TPSA) is 67.8 Å². The van der Waals surface area contributed by atoms with Gasteiger partial charge in [-0.2, -0.15) is 0 Å². The molecule has 0 radical (unpaired) electrons. The van der Waals surface area contributed by atoms with Crippen molar-refractivity contribution in [1.29, 1.82) is 0 Å². The van der Waals surface area contributed by atoms with E-state index in [2.05, 4.69) is 5.32 Å². The van der Waals surface area contributed by atoms with Crippen molar-refractivity contribution in [3.05, 3.63) is 24.3 Å². The fourth-order valence-corrected chi connectivity index (χ4v) is 1.84. The molecule has 0 spiro atoms. The molecule has 104 valence electrons. The maximum Gasteiger partial charge on any atom is 0.316 e. The van der Waals surface area contributed by atoms with Crippen LogP contribution in [-0.4, -0.2) is 36.9 Å². The van der Waals surface area contributed by atoms with Gasteiger partial charge >= 0.3 is 5.97 Å². The highest BCUT2D eigenvalue weighted by molar-refractivity contribution is 5.77. The number of rotatable bonds is 6. The normalized spacial score (nSPS) is 16.8. The lowest BCUT2D eigenvalue weighted by Gasteiger charge is -2.37. The third-order valence-corrected chi connectivity index (χ3v) is 3.07. The average Bonchev–Trinajstić information content (AvgIpc) is 2.28. The van der Waals surface area contributed by atoms with Gasteiger partial charge in [0.2, 0.25) is 0 Å². The number of ether oxygens (including phenoxy) is 2. The van der Waals surface area contributed by atoms with E-state index >= 15 is 0 Å². The maximum atomic E-state index is 11.2. The summed E-state index contributed by atoms with van der Waals surface area (Å²) >= 11 is 0. The minimum absolute atomic E-state index is 0.140. The summed E-state index contributed by atoms with van der Waals surface area (Å²) in [6.07, 6.45) is 0.140. The molecule has 1 aliphatic rings. The summed E-state index contributed by atoms with van der Waals surface area (Å²) < 4.78 is 10.6. The summed E-state index contributed by atoms with van der Waals surface area (Å²) in [6, 6.07) is 7.50. The molecule has 1 aromatic rings. The molecule has 1 saturated heterocycles. The van der Waals surface area contributed by atoms with E-state index in [0.717, 1.165) is 11.4 Å². The first kappa shape index (κ1) is 13.7. The Bertz CT molecular complexity index is 437. The number of aliphatic carboxylic acids is 1. The van der Waals surface area contributed by atoms with Gasteiger partial charge in [-0.3, -0.25) is 4.79 Å². The van der Waals surface area contributed by atoms with Crippen molar-refractivity contribution in [1.82, 2.24) is 0 Å². The van der Waals surface area contributed by atoms with E-state index in [-0.39, 0.29) is 19.3 Å². The van der Waals surface area contributed by atoms with E-state index in [4.69, 9.17) is 14.6 Å². The molecule has 1 fully saturated rings. The Hall–Kier alpha value is -1.75. The Balaban J connectivity index is 1.91. The van der Waals surface area contributed by atoms with Gasteiger partial charge in [0.25, 0.3) is 0 Å². The molecule has 0 bridgehead atoms. The van der Waals surface area contributed by atoms with Gasteiger partial charge in [0.1, 0.15) is 11.2 Å². The first-order valence-corrected chi connectivity index (χ1v) is 6.34. The summed E-state index contributed by atoms with van der Waals surface area (Å²) in [5.41, 5.74) is 0.0937. The minimum atomic E-state index is -0.814. The lowest BCUT2D eigenvalue weighted by atomic mass is 9.86. The van der Waals surface area contributed by atoms with Gasteiger partial charge in [0, 0.05) is 12.2 Å². The number of anilines is 1. The van der Waals surface area contributed by atoms with E-state index in [9.17, 15) is 4.79 Å². The van der Waals surface area contributed by atoms with Crippen LogP contribution in [0.5, 0.6) is 5.75 Å². The fraction of sp³-hybridized carbons (Fsp3) is 0.500. The Morgan fingerprint density at radius 2 is 2.05 bits per heavy atom. The first-order valence-electron chi connectivity index (χ1n) is 6.34. The van der Waals surface area contributed by atoms with E-state index in [1.807, 2.05) is 38.1 Å². The molecule has 1 heterocycles. The van der Waals surface area contributed by atoms with Gasteiger partial charge in [-0.05, 0) is 38.1 Å². The van der Waals surface area contributed by atoms with Crippen LogP contribution in [0, 0.1) is 5.41 Å². The molecule has 2 N–H and O–H groups in total. The minimum Gasteiger partial charge on any atom is -0.491 e. The van der Waals surface area contributed by atoms with Crippen LogP contribution in [-0.2, 0) is 9.53 Å². The fourth-order valence-electron chi connectivity index (χ4n) is 1.84. The van der Waals surface area contributed by atoms with E-state index < -0.39 is 11.4 Å². The van der Waals surface area contributed by atoms with E-state index in [1.165, 1.54) is 0 Å². The van der Waals surface area contributed by atoms with Gasteiger partial charge in [0.15, 0.2) is 0 Å². The number of nitrogens with one attached hydrogen (secondary N) is 1. The highest BCUT2D eigenvalue weighted by atomic mass is 16.5. The summed E-state index contributed by atoms with van der Waals surface area (Å²) in [4.78, 5) is 11.2. The molecule has 5 nitrogen and oxygen atoms in total. The molecule has 2 rings (SSSR count). The molecule has 19 heavy (non-hydrogen) atoms. The van der Waals surface area contributed by atoms with Crippen LogP contribution >= 0.6 is 0 Å². The predicted octanol–water partition coefficient (Wildman–Crippen LogP) is 1.99. The van der Waals surface area contributed by atoms with Gasteiger partial charge in [-0.1, -0.05) is 0 Å². The average molecular weight is 265 g/mol. The third kappa shape index (κ3) is 3.17. The summed E-state index contributed by atoms with van der Waals surface area (Å²) in [5.74, 6) is -0.00788. The smallest absolute Gasteiger partial charge is 0.316 e. The number of carboxylic acids is 1. The molecule has 5 heteroatoms. The van der Waals surface area contributed by atoms with Crippen molar-refractivity contribution in [2.75, 3.05) is 25.1 Å². The number of hydrogen-bond donors (Lipinski definition) is 2. The molecule has 0 aromatic heterocycles. The first-order chi connectivity index (χ1) is 9.02. The van der Waals surface area contributed by atoms with E-state index in [0.29, 0.717) is 6.54 Å². The Morgan fingerprint density at radius 3 is 2.47 bits per heavy atom. The highest BCUT2D eigenvalue weighted by Crippen LogP contribution is 2.28. The van der Waals surface area contributed by atoms with Crippen LogP contribution < -0.4 is 10.1 Å². The molecule has 0 saturated carbocycles. The second-order valence-corrected chi connectivity index (χ2v) is 5.12. The van der Waals surface area contributed by atoms with Gasteiger partial charge in [-0.25, -0.2) is 0 Å². The molecular formula is C14H19NO4. The van der Waals surface area contributed by atoms with Gasteiger partial charge < -0.3 is 19.9 Å². The number of carbonyl (C=O) groups is 1. The Labute approximate surface area is 112 Å². The van der Waals surface area contributed by atoms with Gasteiger partial charge in [-0.15, -0.1) is 0 Å². The van der Waals surface area contributed by atoms with Crippen molar-refractivity contribution in [2.24, 2.45) is 5.41 Å². The third-order valence-electron chi connectivity index (χ3n) is 3.07. The molecule has 0 unspecified atom stereocenters. The zero-order valence-corrected chi connectivity index (χ0v) is 11.2. The lowest BCUT2D eigenvalue weighted by molar-refractivity contribution is -0.176. The van der Waals surface area contributed by atoms with Crippen molar-refractivity contribution >= 4 is 11.7 Å². The Morgan fingerprint density at radius 1 is 1.42 bits per heavy atom. The highest BCUT2D eigenvalue weighted by Gasteiger charge is 2.46. The van der Waals surface area contributed by atoms with Crippen LogP contribution in [0.3, 0.4) is 0 Å². The summed E-state index contributed by atoms with van der Waals surface area (Å²) in [5, 5.41) is 12.3. The lowest BCUT2D eigenvalue weighted by Crippen LogP contribution is -2.53. The van der Waals surface area contributed by atoms with Gasteiger partial charge in [0.05, 0.1) is 19.3 Å². The number of carboxylic acid groups (broad SMARTS) is 1. The van der Waals surface area contributed by atoms with Crippen LogP contribution in [0.1, 0.15) is 13.8 Å². The monoisotopic (exact) mass is 265 g/mol. The molecule has 0 atom stereocenters. The van der Waals surface area contributed by atoms with Crippen molar-refractivity contribution in [2.45, 2.75) is 20.0 Å². The predicted molar refractivity (Wildman–Crippen MR) is 71.6 cm³/mol. The largest absolute Gasteiger partial charge is 0.491 e. The molecule has 0 amide bonds. The quantitative estimate of drug-likeness (QED) is 0.823. The number of benzene rings is 1. The Kier molecular flexibility index (Phi) is 3.95. The second-order valence-electron chi connectivity index (χ2n) is 5.12. The van der Waals surface area contributed by atoms with Crippen molar-refractivity contribution in [3.63, 3.8) is 0 Å². The summed E-state index contributed by atoms with van der Waals surface area (Å²) in [6.45, 7) is 4.85. The van der Waals surface area contributed by atoms with Crippen LogP contribution in [0.2, 0.25) is 0 Å². The molecule has 1 aromatic carbocycles. The van der Waals surface area contributed by atoms with Crippen molar-refractivity contribution in [3.8, 4) is 5.75 Å². The van der Waals surface area contributed by atoms with Crippen LogP contribution in [0.25, 0.3) is 0 Å². The van der Waals surface area contributed by atoms with Crippen LogP contribution in [0.4, 0.5) is 5.69 Å². The summed E-state index contributed by atoms with van der Waals surface area (Å²) in [7, 11) is 0. The zero-order valence-electron chi connectivity index (χ0n) is 11.2. The SMILES string of the molecule is CC(C)Oc1ccc(NCC2(C(=O)O)COC2)cc1. The molecule has 1 aliphatic heterocycles. The molecular weight excluding hydrogens is 246 g/mol. The zero-order chi connectivity index (χ0) is 13.9. The second kappa shape index (κ2) is 5.48.